The number of fused-ring (bicyclic) bond motifs is 1. The van der Waals surface area contributed by atoms with Gasteiger partial charge < -0.3 is 10.3 Å². The van der Waals surface area contributed by atoms with Gasteiger partial charge >= 0.3 is 0 Å². The maximum atomic E-state index is 12.8. The molecule has 2 aromatic carbocycles. The number of nitrogens with zero attached hydrogens (tertiary/aromatic N) is 2. The lowest BCUT2D eigenvalue weighted by atomic mass is 10.1. The number of thioether (sulfide) groups is 1. The van der Waals surface area contributed by atoms with Gasteiger partial charge in [0.05, 0.1) is 17.1 Å². The maximum absolute atomic E-state index is 12.8. The van der Waals surface area contributed by atoms with E-state index in [9.17, 15) is 4.79 Å². The minimum atomic E-state index is -0.0911. The molecule has 5 nitrogen and oxygen atoms in total. The van der Waals surface area contributed by atoms with Crippen LogP contribution in [0.5, 0.6) is 0 Å². The summed E-state index contributed by atoms with van der Waals surface area (Å²) in [6, 6.07) is 19.4. The summed E-state index contributed by atoms with van der Waals surface area (Å²) in [5.74, 6) is 0.581. The van der Waals surface area contributed by atoms with E-state index in [-0.39, 0.29) is 11.9 Å². The summed E-state index contributed by atoms with van der Waals surface area (Å²) in [6.45, 7) is 1.97. The van der Waals surface area contributed by atoms with E-state index in [0.717, 1.165) is 27.3 Å². The van der Waals surface area contributed by atoms with Crippen molar-refractivity contribution in [3.8, 4) is 0 Å². The third-order valence-electron chi connectivity index (χ3n) is 4.55. The van der Waals surface area contributed by atoms with Crippen molar-refractivity contribution in [2.75, 3.05) is 0 Å². The van der Waals surface area contributed by atoms with Gasteiger partial charge in [0.25, 0.3) is 5.91 Å². The number of hydrogen-bond donors (Lipinski definition) is 2. The number of rotatable bonds is 6. The first-order valence-electron chi connectivity index (χ1n) is 9.07. The van der Waals surface area contributed by atoms with E-state index in [2.05, 4.69) is 20.3 Å². The van der Waals surface area contributed by atoms with Crippen molar-refractivity contribution in [3.05, 3.63) is 89.7 Å². The minimum absolute atomic E-state index is 0.0786. The second-order valence-electron chi connectivity index (χ2n) is 6.48. The van der Waals surface area contributed by atoms with Crippen LogP contribution in [-0.4, -0.2) is 20.9 Å². The normalized spacial score (nSPS) is 12.0. The standard InChI is InChI=1S/C22H20N4OS/c1-15(16-10-12-23-13-11-16)24-21(27)18-7-3-2-6-17(18)14-28-22-25-19-8-4-5-9-20(19)26-22/h2-13,15H,14H2,1H3,(H,24,27)(H,25,26). The topological polar surface area (TPSA) is 70.7 Å². The molecule has 1 unspecified atom stereocenters. The van der Waals surface area contributed by atoms with Crippen molar-refractivity contribution in [1.82, 2.24) is 20.3 Å². The second kappa shape index (κ2) is 8.27. The van der Waals surface area contributed by atoms with Crippen LogP contribution >= 0.6 is 11.8 Å². The molecular weight excluding hydrogens is 368 g/mol. The molecule has 0 spiro atoms. The second-order valence-corrected chi connectivity index (χ2v) is 7.44. The Morgan fingerprint density at radius 1 is 1.07 bits per heavy atom. The minimum Gasteiger partial charge on any atom is -0.346 e. The highest BCUT2D eigenvalue weighted by Crippen LogP contribution is 2.25. The predicted molar refractivity (Wildman–Crippen MR) is 112 cm³/mol. The number of imidazole rings is 1. The number of aromatic nitrogens is 3. The lowest BCUT2D eigenvalue weighted by Gasteiger charge is -2.15. The number of pyridine rings is 1. The van der Waals surface area contributed by atoms with E-state index in [1.54, 1.807) is 24.2 Å². The third-order valence-corrected chi connectivity index (χ3v) is 5.47. The van der Waals surface area contributed by atoms with Crippen molar-refractivity contribution >= 4 is 28.7 Å². The molecule has 0 saturated carbocycles. The molecule has 2 heterocycles. The van der Waals surface area contributed by atoms with Gasteiger partial charge in [0.2, 0.25) is 0 Å². The van der Waals surface area contributed by atoms with E-state index in [1.165, 1.54) is 0 Å². The number of H-pyrrole nitrogens is 1. The number of benzene rings is 2. The molecular formula is C22H20N4OS. The lowest BCUT2D eigenvalue weighted by molar-refractivity contribution is 0.0939. The fourth-order valence-electron chi connectivity index (χ4n) is 3.02. The highest BCUT2D eigenvalue weighted by molar-refractivity contribution is 7.98. The van der Waals surface area contributed by atoms with Crippen LogP contribution in [0.25, 0.3) is 11.0 Å². The molecule has 0 bridgehead atoms. The molecule has 2 aromatic heterocycles. The molecule has 4 rings (SSSR count). The van der Waals surface area contributed by atoms with E-state index >= 15 is 0 Å². The Balaban J connectivity index is 1.47. The van der Waals surface area contributed by atoms with Crippen molar-refractivity contribution in [1.29, 1.82) is 0 Å². The van der Waals surface area contributed by atoms with Gasteiger partial charge in [-0.25, -0.2) is 4.98 Å². The first kappa shape index (κ1) is 18.3. The van der Waals surface area contributed by atoms with E-state index in [1.807, 2.05) is 67.6 Å². The average molecular weight is 388 g/mol. The Labute approximate surface area is 167 Å². The molecule has 1 amide bonds. The Morgan fingerprint density at radius 2 is 1.82 bits per heavy atom. The van der Waals surface area contributed by atoms with Gasteiger partial charge in [-0.05, 0) is 48.4 Å². The van der Waals surface area contributed by atoms with Crippen molar-refractivity contribution in [2.24, 2.45) is 0 Å². The summed E-state index contributed by atoms with van der Waals surface area (Å²) >= 11 is 1.59. The Morgan fingerprint density at radius 3 is 2.64 bits per heavy atom. The zero-order valence-corrected chi connectivity index (χ0v) is 16.2. The third kappa shape index (κ3) is 4.07. The summed E-state index contributed by atoms with van der Waals surface area (Å²) in [5, 5.41) is 3.92. The number of nitrogens with one attached hydrogen (secondary N) is 2. The molecule has 0 fully saturated rings. The average Bonchev–Trinajstić information content (AvgIpc) is 3.16. The number of carbonyl (C=O) groups excluding carboxylic acids is 1. The molecule has 140 valence electrons. The fourth-order valence-corrected chi connectivity index (χ4v) is 3.91. The van der Waals surface area contributed by atoms with Crippen LogP contribution in [0.1, 0.15) is 34.5 Å². The molecule has 0 aliphatic carbocycles. The molecule has 0 aliphatic heterocycles. The molecule has 1 atom stereocenters. The quantitative estimate of drug-likeness (QED) is 0.468. The molecule has 2 N–H and O–H groups in total. The van der Waals surface area contributed by atoms with Crippen LogP contribution in [0.3, 0.4) is 0 Å². The molecule has 28 heavy (non-hydrogen) atoms. The van der Waals surface area contributed by atoms with Gasteiger partial charge in [-0.15, -0.1) is 0 Å². The number of para-hydroxylation sites is 2. The molecule has 4 aromatic rings. The van der Waals surface area contributed by atoms with Gasteiger partial charge in [0, 0.05) is 23.7 Å². The SMILES string of the molecule is CC(NC(=O)c1ccccc1CSc1nc2ccccc2[nH]1)c1ccncc1. The summed E-state index contributed by atoms with van der Waals surface area (Å²) in [7, 11) is 0. The Hall–Kier alpha value is -3.12. The largest absolute Gasteiger partial charge is 0.346 e. The van der Waals surface area contributed by atoms with Crippen molar-refractivity contribution in [2.45, 2.75) is 23.9 Å². The van der Waals surface area contributed by atoms with Crippen LogP contribution in [-0.2, 0) is 5.75 Å². The maximum Gasteiger partial charge on any atom is 0.252 e. The van der Waals surface area contributed by atoms with Gasteiger partial charge in [-0.3, -0.25) is 9.78 Å². The van der Waals surface area contributed by atoms with Crippen LogP contribution in [0.2, 0.25) is 0 Å². The van der Waals surface area contributed by atoms with Gasteiger partial charge in [-0.1, -0.05) is 42.1 Å². The first-order valence-corrected chi connectivity index (χ1v) is 10.1. The van der Waals surface area contributed by atoms with Crippen LogP contribution < -0.4 is 5.32 Å². The van der Waals surface area contributed by atoms with Gasteiger partial charge in [0.1, 0.15) is 0 Å². The van der Waals surface area contributed by atoms with Crippen molar-refractivity contribution < 1.29 is 4.79 Å². The summed E-state index contributed by atoms with van der Waals surface area (Å²) < 4.78 is 0. The Bertz CT molecular complexity index is 1060. The van der Waals surface area contributed by atoms with E-state index in [4.69, 9.17) is 0 Å². The monoisotopic (exact) mass is 388 g/mol. The smallest absolute Gasteiger partial charge is 0.252 e. The van der Waals surface area contributed by atoms with Crippen molar-refractivity contribution in [3.63, 3.8) is 0 Å². The molecule has 0 saturated heterocycles. The highest BCUT2D eigenvalue weighted by atomic mass is 32.2. The van der Waals surface area contributed by atoms with Gasteiger partial charge in [0.15, 0.2) is 5.16 Å². The summed E-state index contributed by atoms with van der Waals surface area (Å²) in [4.78, 5) is 24.8. The molecule has 0 aliphatic rings. The predicted octanol–water partition coefficient (Wildman–Crippen LogP) is 4.74. The summed E-state index contributed by atoms with van der Waals surface area (Å²) in [5.41, 5.74) is 4.65. The number of carbonyl (C=O) groups is 1. The number of aromatic amines is 1. The number of amides is 1. The first-order chi connectivity index (χ1) is 13.7. The zero-order chi connectivity index (χ0) is 19.3. The van der Waals surface area contributed by atoms with E-state index < -0.39 is 0 Å². The molecule has 0 radical (unpaired) electrons. The zero-order valence-electron chi connectivity index (χ0n) is 15.4. The highest BCUT2D eigenvalue weighted by Gasteiger charge is 2.15. The van der Waals surface area contributed by atoms with Crippen LogP contribution in [0.4, 0.5) is 0 Å². The lowest BCUT2D eigenvalue weighted by Crippen LogP contribution is -2.27. The van der Waals surface area contributed by atoms with Crippen LogP contribution in [0.15, 0.2) is 78.2 Å². The Kier molecular flexibility index (Phi) is 5.39. The molecule has 6 heteroatoms. The van der Waals surface area contributed by atoms with Gasteiger partial charge in [-0.2, -0.15) is 0 Å². The fraction of sp³-hybridized carbons (Fsp3) is 0.136. The van der Waals surface area contributed by atoms with Crippen LogP contribution in [0, 0.1) is 0 Å². The van der Waals surface area contributed by atoms with E-state index in [0.29, 0.717) is 11.3 Å². The summed E-state index contributed by atoms with van der Waals surface area (Å²) in [6.07, 6.45) is 3.46. The number of hydrogen-bond acceptors (Lipinski definition) is 4.